The van der Waals surface area contributed by atoms with E-state index in [0.29, 0.717) is 0 Å². The van der Waals surface area contributed by atoms with Crippen LogP contribution in [-0.4, -0.2) is 77.9 Å². The van der Waals surface area contributed by atoms with Crippen LogP contribution in [0.3, 0.4) is 0 Å². The number of Topliss-reactive ketones (excluding diaryl/α,β-unsaturated/α-hetero) is 1. The van der Waals surface area contributed by atoms with Crippen LogP contribution in [0.25, 0.3) is 0 Å². The van der Waals surface area contributed by atoms with Gasteiger partial charge in [0.15, 0.2) is 18.0 Å². The van der Waals surface area contributed by atoms with Crippen LogP contribution in [0.5, 0.6) is 0 Å². The number of ether oxygens (including phenoxy) is 6. The molecule has 2 bridgehead atoms. The van der Waals surface area contributed by atoms with Crippen molar-refractivity contribution in [3.8, 4) is 0 Å². The van der Waals surface area contributed by atoms with Gasteiger partial charge < -0.3 is 28.4 Å². The fourth-order valence-electron chi connectivity index (χ4n) is 7.25. The number of hydrogen-bond donors (Lipinski definition) is 0. The molecule has 1 aromatic rings. The van der Waals surface area contributed by atoms with E-state index in [0.717, 1.165) is 13.8 Å². The van der Waals surface area contributed by atoms with E-state index in [1.165, 1.54) is 26.0 Å². The average molecular weight is 589 g/mol. The number of benzene rings is 1. The molecule has 8 atom stereocenters. The maximum Gasteiger partial charge on any atom is 0.338 e. The smallest absolute Gasteiger partial charge is 0.338 e. The number of hydrogen-bond acceptors (Lipinski definition) is 12. The van der Waals surface area contributed by atoms with Crippen LogP contribution in [0.15, 0.2) is 30.3 Å². The molecule has 2 saturated carbocycles. The molecule has 3 fully saturated rings. The largest absolute Gasteiger partial charge is 0.465 e. The van der Waals surface area contributed by atoms with Gasteiger partial charge in [-0.3, -0.25) is 24.0 Å². The molecule has 3 aliphatic rings. The molecule has 1 saturated heterocycles. The zero-order valence-electron chi connectivity index (χ0n) is 24.7. The summed E-state index contributed by atoms with van der Waals surface area (Å²) in [6.45, 7) is 8.98. The third-order valence-electron chi connectivity index (χ3n) is 8.48. The molecule has 42 heavy (non-hydrogen) atoms. The molecule has 228 valence electrons. The lowest BCUT2D eigenvalue weighted by Gasteiger charge is -2.62. The fraction of sp³-hybridized carbons (Fsp3) is 0.600. The molecule has 1 unspecified atom stereocenters. The van der Waals surface area contributed by atoms with E-state index in [-0.39, 0.29) is 12.0 Å². The molecule has 4 rings (SSSR count). The van der Waals surface area contributed by atoms with Crippen LogP contribution in [0.4, 0.5) is 0 Å². The lowest BCUT2D eigenvalue weighted by molar-refractivity contribution is -0.313. The molecular weight excluding hydrogens is 552 g/mol. The Morgan fingerprint density at radius 1 is 0.833 bits per heavy atom. The van der Waals surface area contributed by atoms with Gasteiger partial charge in [0.25, 0.3) is 0 Å². The standard InChI is InChI=1S/C30H36O12/c1-15-13-21(38-17(3)32)24(39-18(4)33)29(14-37-16(2)31)26(41-27(36)20-11-9-8-10-12-20)23(35)22-25(40-19(5)34)30(15,29)42-28(22,6)7/h8-12,15,21-22,24-26H,13-14H2,1-7H3/t15-,21+,22?,24+,25-,26-,29+,30-/m1/s1. The highest BCUT2D eigenvalue weighted by atomic mass is 16.6. The normalized spacial score (nSPS) is 34.4. The van der Waals surface area contributed by atoms with E-state index in [9.17, 15) is 28.8 Å². The predicted octanol–water partition coefficient (Wildman–Crippen LogP) is 2.34. The van der Waals surface area contributed by atoms with Crippen molar-refractivity contribution >= 4 is 35.6 Å². The molecule has 0 radical (unpaired) electrons. The van der Waals surface area contributed by atoms with Crippen LogP contribution in [0.2, 0.25) is 0 Å². The first kappa shape index (κ1) is 31.1. The predicted molar refractivity (Wildman–Crippen MR) is 142 cm³/mol. The van der Waals surface area contributed by atoms with Crippen LogP contribution in [0, 0.1) is 17.3 Å². The summed E-state index contributed by atoms with van der Waals surface area (Å²) >= 11 is 0. The van der Waals surface area contributed by atoms with Crippen molar-refractivity contribution in [2.75, 3.05) is 6.61 Å². The highest BCUT2D eigenvalue weighted by molar-refractivity contribution is 5.96. The maximum absolute atomic E-state index is 14.6. The van der Waals surface area contributed by atoms with Crippen molar-refractivity contribution in [1.29, 1.82) is 0 Å². The third kappa shape index (κ3) is 4.95. The molecule has 2 aliphatic carbocycles. The first-order valence-corrected chi connectivity index (χ1v) is 13.7. The Balaban J connectivity index is 2.07. The first-order valence-electron chi connectivity index (χ1n) is 13.7. The molecule has 1 heterocycles. The third-order valence-corrected chi connectivity index (χ3v) is 8.48. The van der Waals surface area contributed by atoms with Crippen molar-refractivity contribution < 1.29 is 57.2 Å². The van der Waals surface area contributed by atoms with Gasteiger partial charge in [-0.1, -0.05) is 25.1 Å². The average Bonchev–Trinajstić information content (AvgIpc) is 3.08. The van der Waals surface area contributed by atoms with Gasteiger partial charge in [0, 0.05) is 27.7 Å². The summed E-state index contributed by atoms with van der Waals surface area (Å²) in [6.07, 6.45) is -5.65. The van der Waals surface area contributed by atoms with Gasteiger partial charge in [0.05, 0.1) is 17.1 Å². The Kier molecular flexibility index (Phi) is 8.25. The van der Waals surface area contributed by atoms with Crippen molar-refractivity contribution in [2.24, 2.45) is 17.3 Å². The van der Waals surface area contributed by atoms with Crippen molar-refractivity contribution in [3.05, 3.63) is 35.9 Å². The minimum atomic E-state index is -2.02. The summed E-state index contributed by atoms with van der Waals surface area (Å²) < 4.78 is 35.6. The number of esters is 5. The minimum Gasteiger partial charge on any atom is -0.465 e. The van der Waals surface area contributed by atoms with Gasteiger partial charge in [-0.05, 0) is 38.3 Å². The summed E-state index contributed by atoms with van der Waals surface area (Å²) in [6, 6.07) is 7.92. The lowest BCUT2D eigenvalue weighted by atomic mass is 9.47. The van der Waals surface area contributed by atoms with E-state index in [2.05, 4.69) is 0 Å². The highest BCUT2D eigenvalue weighted by Crippen LogP contribution is 2.67. The second-order valence-electron chi connectivity index (χ2n) is 11.7. The van der Waals surface area contributed by atoms with E-state index in [1.54, 1.807) is 39.0 Å². The summed E-state index contributed by atoms with van der Waals surface area (Å²) in [5, 5.41) is 0. The molecular formula is C30H36O12. The second kappa shape index (κ2) is 11.1. The van der Waals surface area contributed by atoms with Crippen LogP contribution < -0.4 is 0 Å². The van der Waals surface area contributed by atoms with Gasteiger partial charge in [-0.25, -0.2) is 4.79 Å². The number of carbonyl (C=O) groups is 6. The van der Waals surface area contributed by atoms with Gasteiger partial charge >= 0.3 is 29.8 Å². The summed E-state index contributed by atoms with van der Waals surface area (Å²) in [5.41, 5.74) is -4.89. The van der Waals surface area contributed by atoms with Crippen LogP contribution in [0.1, 0.15) is 65.2 Å². The molecule has 12 heteroatoms. The molecule has 0 N–H and O–H groups in total. The number of ketones is 1. The van der Waals surface area contributed by atoms with Crippen molar-refractivity contribution in [2.45, 2.75) is 90.5 Å². The monoisotopic (exact) mass is 588 g/mol. The number of fused-ring (bicyclic) bond motifs is 1. The first-order chi connectivity index (χ1) is 19.6. The summed E-state index contributed by atoms with van der Waals surface area (Å²) in [5.74, 6) is -6.35. The van der Waals surface area contributed by atoms with Crippen molar-refractivity contribution in [3.63, 3.8) is 0 Å². The zero-order chi connectivity index (χ0) is 31.2. The summed E-state index contributed by atoms with van der Waals surface area (Å²) in [4.78, 5) is 77.8. The molecule has 0 amide bonds. The van der Waals surface area contributed by atoms with E-state index < -0.39 is 95.1 Å². The van der Waals surface area contributed by atoms with E-state index in [4.69, 9.17) is 28.4 Å². The van der Waals surface area contributed by atoms with Gasteiger partial charge in [0.2, 0.25) is 0 Å². The molecule has 1 spiro atoms. The van der Waals surface area contributed by atoms with E-state index >= 15 is 0 Å². The Labute approximate surface area is 243 Å². The fourth-order valence-corrected chi connectivity index (χ4v) is 7.25. The van der Waals surface area contributed by atoms with Crippen LogP contribution in [-0.2, 0) is 52.4 Å². The van der Waals surface area contributed by atoms with Gasteiger partial charge in [-0.15, -0.1) is 0 Å². The van der Waals surface area contributed by atoms with E-state index in [1.807, 2.05) is 0 Å². The minimum absolute atomic E-state index is 0.0491. The van der Waals surface area contributed by atoms with Gasteiger partial charge in [-0.2, -0.15) is 0 Å². The second-order valence-corrected chi connectivity index (χ2v) is 11.7. The topological polar surface area (TPSA) is 158 Å². The Morgan fingerprint density at radius 2 is 1.40 bits per heavy atom. The highest BCUT2D eigenvalue weighted by Gasteiger charge is 2.85. The van der Waals surface area contributed by atoms with Crippen molar-refractivity contribution in [1.82, 2.24) is 0 Å². The number of carbonyl (C=O) groups excluding carboxylic acids is 6. The quantitative estimate of drug-likeness (QED) is 0.339. The Hall–Kier alpha value is -3.80. The maximum atomic E-state index is 14.6. The van der Waals surface area contributed by atoms with Crippen LogP contribution >= 0.6 is 0 Å². The molecule has 1 aromatic carbocycles. The molecule has 0 aromatic heterocycles. The SMILES string of the molecule is CC(=O)OC[C@]12[C@H](OC(=O)c3ccccc3)C(=O)C3[C@@H](OC(C)=O)[C@]1(OC3(C)C)[C@H](C)C[C@H](OC(C)=O)[C@@H]2OC(C)=O. The van der Waals surface area contributed by atoms with Gasteiger partial charge in [0.1, 0.15) is 29.8 Å². The zero-order valence-corrected chi connectivity index (χ0v) is 24.7. The summed E-state index contributed by atoms with van der Waals surface area (Å²) in [7, 11) is 0. The Morgan fingerprint density at radius 3 is 1.95 bits per heavy atom. The Bertz CT molecular complexity index is 1290. The lowest BCUT2D eigenvalue weighted by Crippen LogP contribution is -2.80. The molecule has 12 nitrogen and oxygen atoms in total. The molecule has 1 aliphatic heterocycles. The number of rotatable bonds is 7.